The summed E-state index contributed by atoms with van der Waals surface area (Å²) < 4.78 is 27.4. The van der Waals surface area contributed by atoms with Crippen LogP contribution in [0.4, 0.5) is 13.6 Å². The molecule has 0 aliphatic rings. The Morgan fingerprint density at radius 3 is 2.33 bits per heavy atom. The van der Waals surface area contributed by atoms with Crippen LogP contribution in [-0.4, -0.2) is 37.1 Å². The molecule has 3 nitrogen and oxygen atoms in total. The van der Waals surface area contributed by atoms with Crippen molar-refractivity contribution < 1.29 is 18.3 Å². The van der Waals surface area contributed by atoms with E-state index in [-0.39, 0.29) is 6.04 Å². The SMILES string of the molecule is CC(C)N(C)C(=O)OCC(F)F. The van der Waals surface area contributed by atoms with Crippen LogP contribution in [-0.2, 0) is 4.74 Å². The zero-order valence-corrected chi connectivity index (χ0v) is 7.38. The van der Waals surface area contributed by atoms with E-state index < -0.39 is 19.1 Å². The quantitative estimate of drug-likeness (QED) is 0.663. The number of rotatable bonds is 3. The van der Waals surface area contributed by atoms with Crippen LogP contribution in [0.1, 0.15) is 13.8 Å². The smallest absolute Gasteiger partial charge is 0.409 e. The Bertz CT molecular complexity index is 150. The second-order valence-electron chi connectivity index (χ2n) is 2.67. The van der Waals surface area contributed by atoms with Crippen molar-refractivity contribution in [2.75, 3.05) is 13.7 Å². The molecule has 0 aromatic carbocycles. The molecule has 1 amide bonds. The van der Waals surface area contributed by atoms with Gasteiger partial charge in [-0.3, -0.25) is 0 Å². The zero-order valence-electron chi connectivity index (χ0n) is 7.38. The average Bonchev–Trinajstić information content (AvgIpc) is 1.98. The van der Waals surface area contributed by atoms with E-state index in [0.717, 1.165) is 0 Å². The molecule has 0 saturated heterocycles. The molecule has 0 radical (unpaired) electrons. The number of carbonyl (C=O) groups excluding carboxylic acids is 1. The van der Waals surface area contributed by atoms with Crippen molar-refractivity contribution in [3.05, 3.63) is 0 Å². The molecular formula is C7H13F2NO2. The Labute approximate surface area is 70.3 Å². The van der Waals surface area contributed by atoms with Crippen LogP contribution in [0.2, 0.25) is 0 Å². The number of hydrogen-bond donors (Lipinski definition) is 0. The van der Waals surface area contributed by atoms with Gasteiger partial charge in [0.2, 0.25) is 0 Å². The third-order valence-corrected chi connectivity index (χ3v) is 1.40. The second-order valence-corrected chi connectivity index (χ2v) is 2.67. The summed E-state index contributed by atoms with van der Waals surface area (Å²) in [6.45, 7) is 2.70. The topological polar surface area (TPSA) is 29.5 Å². The highest BCUT2D eigenvalue weighted by Gasteiger charge is 2.14. The van der Waals surface area contributed by atoms with Gasteiger partial charge in [0.1, 0.15) is 0 Å². The van der Waals surface area contributed by atoms with E-state index in [4.69, 9.17) is 0 Å². The summed E-state index contributed by atoms with van der Waals surface area (Å²) in [6.07, 6.45) is -3.32. The van der Waals surface area contributed by atoms with Gasteiger partial charge in [-0.25, -0.2) is 13.6 Å². The van der Waals surface area contributed by atoms with E-state index in [2.05, 4.69) is 4.74 Å². The highest BCUT2D eigenvalue weighted by molar-refractivity contribution is 5.67. The molecule has 0 aliphatic carbocycles. The molecule has 0 N–H and O–H groups in total. The highest BCUT2D eigenvalue weighted by atomic mass is 19.3. The predicted octanol–water partition coefficient (Wildman–Crippen LogP) is 1.73. The molecule has 0 aromatic rings. The number of amides is 1. The molecule has 0 fully saturated rings. The molecule has 0 unspecified atom stereocenters. The summed E-state index contributed by atoms with van der Waals surface area (Å²) in [6, 6.07) is -0.0461. The number of ether oxygens (including phenoxy) is 1. The molecule has 72 valence electrons. The maximum atomic E-state index is 11.6. The fourth-order valence-corrected chi connectivity index (χ4v) is 0.447. The fourth-order valence-electron chi connectivity index (χ4n) is 0.447. The van der Waals surface area contributed by atoms with E-state index >= 15 is 0 Å². The maximum Gasteiger partial charge on any atom is 0.409 e. The number of nitrogens with zero attached hydrogens (tertiary/aromatic N) is 1. The number of halogens is 2. The Balaban J connectivity index is 3.72. The van der Waals surface area contributed by atoms with Crippen molar-refractivity contribution in [2.45, 2.75) is 26.3 Å². The molecule has 0 atom stereocenters. The van der Waals surface area contributed by atoms with E-state index in [1.165, 1.54) is 11.9 Å². The first-order valence-corrected chi connectivity index (χ1v) is 3.63. The molecule has 0 bridgehead atoms. The lowest BCUT2D eigenvalue weighted by atomic mass is 10.4. The number of carbonyl (C=O) groups is 1. The molecule has 0 saturated carbocycles. The summed E-state index contributed by atoms with van der Waals surface area (Å²) in [4.78, 5) is 12.1. The van der Waals surface area contributed by atoms with Crippen LogP contribution in [0, 0.1) is 0 Å². The summed E-state index contributed by atoms with van der Waals surface area (Å²) in [5.74, 6) is 0. The minimum atomic E-state index is -2.60. The minimum absolute atomic E-state index is 0.0461. The van der Waals surface area contributed by atoms with Gasteiger partial charge in [0.15, 0.2) is 6.61 Å². The molecule has 0 spiro atoms. The van der Waals surface area contributed by atoms with Crippen LogP contribution in [0.5, 0.6) is 0 Å². The minimum Gasteiger partial charge on any atom is -0.443 e. The van der Waals surface area contributed by atoms with Crippen LogP contribution in [0.25, 0.3) is 0 Å². The third kappa shape index (κ3) is 4.10. The van der Waals surface area contributed by atoms with Gasteiger partial charge in [0.05, 0.1) is 0 Å². The first-order valence-electron chi connectivity index (χ1n) is 3.63. The summed E-state index contributed by atoms with van der Waals surface area (Å²) in [7, 11) is 1.50. The van der Waals surface area contributed by atoms with Crippen LogP contribution in [0.15, 0.2) is 0 Å². The van der Waals surface area contributed by atoms with Gasteiger partial charge in [-0.15, -0.1) is 0 Å². The summed E-state index contributed by atoms with van der Waals surface area (Å²) in [5, 5.41) is 0. The highest BCUT2D eigenvalue weighted by Crippen LogP contribution is 1.99. The number of hydrogen-bond acceptors (Lipinski definition) is 2. The van der Waals surface area contributed by atoms with Gasteiger partial charge in [-0.05, 0) is 13.8 Å². The Hall–Kier alpha value is -0.870. The Morgan fingerprint density at radius 1 is 1.50 bits per heavy atom. The summed E-state index contributed by atoms with van der Waals surface area (Å²) in [5.41, 5.74) is 0. The lowest BCUT2D eigenvalue weighted by Gasteiger charge is -2.20. The zero-order chi connectivity index (χ0) is 9.72. The van der Waals surface area contributed by atoms with Crippen LogP contribution < -0.4 is 0 Å². The third-order valence-electron chi connectivity index (χ3n) is 1.40. The molecule has 0 rings (SSSR count). The second kappa shape index (κ2) is 4.90. The van der Waals surface area contributed by atoms with Gasteiger partial charge in [0, 0.05) is 13.1 Å². The lowest BCUT2D eigenvalue weighted by Crippen LogP contribution is -2.34. The fraction of sp³-hybridized carbons (Fsp3) is 0.857. The van der Waals surface area contributed by atoms with E-state index in [1.54, 1.807) is 13.8 Å². The normalized spacial score (nSPS) is 10.6. The van der Waals surface area contributed by atoms with Crippen molar-refractivity contribution in [2.24, 2.45) is 0 Å². The summed E-state index contributed by atoms with van der Waals surface area (Å²) >= 11 is 0. The first-order chi connectivity index (χ1) is 5.45. The van der Waals surface area contributed by atoms with E-state index in [1.807, 2.05) is 0 Å². The van der Waals surface area contributed by atoms with Crippen molar-refractivity contribution in [1.29, 1.82) is 0 Å². The van der Waals surface area contributed by atoms with Gasteiger partial charge < -0.3 is 9.64 Å². The standard InChI is InChI=1S/C7H13F2NO2/c1-5(2)10(3)7(11)12-4-6(8)9/h5-6H,4H2,1-3H3. The van der Waals surface area contributed by atoms with E-state index in [9.17, 15) is 13.6 Å². The van der Waals surface area contributed by atoms with E-state index in [0.29, 0.717) is 0 Å². The maximum absolute atomic E-state index is 11.6. The van der Waals surface area contributed by atoms with Crippen molar-refractivity contribution in [3.63, 3.8) is 0 Å². The predicted molar refractivity (Wildman–Crippen MR) is 40.3 cm³/mol. The number of alkyl halides is 2. The van der Waals surface area contributed by atoms with Crippen LogP contribution in [0.3, 0.4) is 0 Å². The van der Waals surface area contributed by atoms with Gasteiger partial charge in [-0.2, -0.15) is 0 Å². The van der Waals surface area contributed by atoms with Gasteiger partial charge in [0.25, 0.3) is 6.43 Å². The first kappa shape index (κ1) is 11.1. The molecule has 0 heterocycles. The monoisotopic (exact) mass is 181 g/mol. The van der Waals surface area contributed by atoms with Crippen molar-refractivity contribution in [3.8, 4) is 0 Å². The largest absolute Gasteiger partial charge is 0.443 e. The Kier molecular flexibility index (Phi) is 4.54. The molecular weight excluding hydrogens is 168 g/mol. The molecule has 12 heavy (non-hydrogen) atoms. The average molecular weight is 181 g/mol. The van der Waals surface area contributed by atoms with Gasteiger partial charge in [-0.1, -0.05) is 0 Å². The van der Waals surface area contributed by atoms with Gasteiger partial charge >= 0.3 is 6.09 Å². The molecule has 0 aromatic heterocycles. The molecule has 0 aliphatic heterocycles. The van der Waals surface area contributed by atoms with Crippen molar-refractivity contribution in [1.82, 2.24) is 4.90 Å². The lowest BCUT2D eigenvalue weighted by molar-refractivity contribution is 0.0317. The van der Waals surface area contributed by atoms with Crippen molar-refractivity contribution >= 4 is 6.09 Å². The molecule has 5 heteroatoms. The Morgan fingerprint density at radius 2 is 2.00 bits per heavy atom. The van der Waals surface area contributed by atoms with Crippen LogP contribution >= 0.6 is 0 Å².